The van der Waals surface area contributed by atoms with E-state index < -0.39 is 0 Å². The first-order chi connectivity index (χ1) is 5.83. The molecule has 1 aromatic rings. The molecule has 0 spiro atoms. The van der Waals surface area contributed by atoms with Crippen LogP contribution in [-0.2, 0) is 0 Å². The van der Waals surface area contributed by atoms with Crippen LogP contribution in [0.2, 0.25) is 0 Å². The maximum atomic E-state index is 8.55. The number of rotatable bonds is 3. The fourth-order valence-corrected chi connectivity index (χ4v) is 1.64. The van der Waals surface area contributed by atoms with Gasteiger partial charge in [-0.1, -0.05) is 18.2 Å². The minimum atomic E-state index is 0.134. The van der Waals surface area contributed by atoms with Crippen molar-refractivity contribution in [1.29, 1.82) is 5.26 Å². The van der Waals surface area contributed by atoms with Gasteiger partial charge in [-0.15, -0.1) is 11.8 Å². The molecule has 1 unspecified atom stereocenters. The summed E-state index contributed by atoms with van der Waals surface area (Å²) in [6.45, 7) is 1.94. The van der Waals surface area contributed by atoms with E-state index in [0.29, 0.717) is 0 Å². The first kappa shape index (κ1) is 9.15. The van der Waals surface area contributed by atoms with E-state index in [1.165, 1.54) is 4.90 Å². The predicted molar refractivity (Wildman–Crippen MR) is 51.9 cm³/mol. The molecule has 62 valence electrons. The van der Waals surface area contributed by atoms with Crippen molar-refractivity contribution in [2.45, 2.75) is 11.8 Å². The van der Waals surface area contributed by atoms with E-state index in [4.69, 9.17) is 5.26 Å². The summed E-state index contributed by atoms with van der Waals surface area (Å²) in [5.41, 5.74) is 0. The highest BCUT2D eigenvalue weighted by molar-refractivity contribution is 7.99. The smallest absolute Gasteiger partial charge is 0.0661 e. The van der Waals surface area contributed by atoms with Crippen molar-refractivity contribution >= 4 is 11.8 Å². The van der Waals surface area contributed by atoms with Gasteiger partial charge in [0.15, 0.2) is 0 Å². The van der Waals surface area contributed by atoms with E-state index in [0.717, 1.165) is 5.75 Å². The Morgan fingerprint density at radius 1 is 1.42 bits per heavy atom. The van der Waals surface area contributed by atoms with Crippen molar-refractivity contribution in [3.05, 3.63) is 30.3 Å². The van der Waals surface area contributed by atoms with Crippen LogP contribution in [0.1, 0.15) is 6.92 Å². The van der Waals surface area contributed by atoms with Gasteiger partial charge in [0, 0.05) is 10.6 Å². The number of nitrogens with zero attached hydrogens (tertiary/aromatic N) is 1. The van der Waals surface area contributed by atoms with Crippen LogP contribution in [0.3, 0.4) is 0 Å². The molecular formula is C10H11NS. The lowest BCUT2D eigenvalue weighted by Crippen LogP contribution is -1.92. The van der Waals surface area contributed by atoms with Crippen molar-refractivity contribution < 1.29 is 0 Å². The Hall–Kier alpha value is -0.940. The molecular weight excluding hydrogens is 166 g/mol. The lowest BCUT2D eigenvalue weighted by molar-refractivity contribution is 0.864. The molecule has 0 heterocycles. The summed E-state index contributed by atoms with van der Waals surface area (Å²) in [5.74, 6) is 1.01. The van der Waals surface area contributed by atoms with E-state index in [9.17, 15) is 0 Å². The molecule has 0 saturated carbocycles. The minimum absolute atomic E-state index is 0.134. The zero-order valence-electron chi connectivity index (χ0n) is 7.03. The van der Waals surface area contributed by atoms with Gasteiger partial charge in [-0.3, -0.25) is 0 Å². The molecule has 0 fully saturated rings. The van der Waals surface area contributed by atoms with Gasteiger partial charge in [-0.05, 0) is 19.1 Å². The summed E-state index contributed by atoms with van der Waals surface area (Å²) in [7, 11) is 0. The van der Waals surface area contributed by atoms with Crippen LogP contribution in [0.15, 0.2) is 35.2 Å². The molecule has 0 bridgehead atoms. The van der Waals surface area contributed by atoms with Crippen molar-refractivity contribution in [1.82, 2.24) is 0 Å². The van der Waals surface area contributed by atoms with Crippen LogP contribution >= 0.6 is 11.8 Å². The highest BCUT2D eigenvalue weighted by Gasteiger charge is 1.99. The third-order valence-corrected chi connectivity index (χ3v) is 2.74. The van der Waals surface area contributed by atoms with Gasteiger partial charge >= 0.3 is 0 Å². The van der Waals surface area contributed by atoms with Gasteiger partial charge in [-0.2, -0.15) is 5.26 Å². The second-order valence-corrected chi connectivity index (χ2v) is 3.75. The van der Waals surface area contributed by atoms with E-state index in [1.54, 1.807) is 11.8 Å². The van der Waals surface area contributed by atoms with Crippen LogP contribution in [0, 0.1) is 17.2 Å². The van der Waals surface area contributed by atoms with Gasteiger partial charge in [0.25, 0.3) is 0 Å². The largest absolute Gasteiger partial charge is 0.198 e. The average Bonchev–Trinajstić information content (AvgIpc) is 2.16. The Balaban J connectivity index is 2.40. The predicted octanol–water partition coefficient (Wildman–Crippen LogP) is 2.94. The Labute approximate surface area is 77.4 Å². The summed E-state index contributed by atoms with van der Waals surface area (Å²) in [6, 6.07) is 12.4. The molecule has 0 aliphatic heterocycles. The van der Waals surface area contributed by atoms with Gasteiger partial charge in [0.05, 0.1) is 12.0 Å². The fraction of sp³-hybridized carbons (Fsp3) is 0.300. The van der Waals surface area contributed by atoms with Gasteiger partial charge in [0.2, 0.25) is 0 Å². The van der Waals surface area contributed by atoms with E-state index in [2.05, 4.69) is 18.2 Å². The fourth-order valence-electron chi connectivity index (χ4n) is 0.775. The molecule has 0 saturated heterocycles. The van der Waals surface area contributed by atoms with Gasteiger partial charge < -0.3 is 0 Å². The van der Waals surface area contributed by atoms with E-state index in [-0.39, 0.29) is 5.92 Å². The van der Waals surface area contributed by atoms with E-state index in [1.807, 2.05) is 25.1 Å². The van der Waals surface area contributed by atoms with Crippen LogP contribution < -0.4 is 0 Å². The molecule has 1 nitrogen and oxygen atoms in total. The van der Waals surface area contributed by atoms with Crippen LogP contribution in [0.5, 0.6) is 0 Å². The SMILES string of the molecule is CC(C#N)CSc1ccccc1. The summed E-state index contributed by atoms with van der Waals surface area (Å²) >= 11 is 1.73. The minimum Gasteiger partial charge on any atom is -0.198 e. The Kier molecular flexibility index (Phi) is 3.69. The first-order valence-electron chi connectivity index (χ1n) is 3.90. The molecule has 0 aliphatic carbocycles. The van der Waals surface area contributed by atoms with Gasteiger partial charge in [0.1, 0.15) is 0 Å². The highest BCUT2D eigenvalue weighted by Crippen LogP contribution is 2.19. The lowest BCUT2D eigenvalue weighted by atomic mass is 10.3. The Bertz CT molecular complexity index is 263. The lowest BCUT2D eigenvalue weighted by Gasteiger charge is -2.01. The number of benzene rings is 1. The maximum Gasteiger partial charge on any atom is 0.0661 e. The number of thioether (sulfide) groups is 1. The molecule has 1 atom stereocenters. The number of nitriles is 1. The third kappa shape index (κ3) is 2.98. The highest BCUT2D eigenvalue weighted by atomic mass is 32.2. The molecule has 0 radical (unpaired) electrons. The zero-order valence-corrected chi connectivity index (χ0v) is 7.84. The average molecular weight is 177 g/mol. The topological polar surface area (TPSA) is 23.8 Å². The van der Waals surface area contributed by atoms with Crippen LogP contribution in [0.4, 0.5) is 0 Å². The molecule has 0 aliphatic rings. The molecule has 12 heavy (non-hydrogen) atoms. The maximum absolute atomic E-state index is 8.55. The molecule has 1 aromatic carbocycles. The molecule has 0 amide bonds. The molecule has 1 rings (SSSR count). The normalized spacial score (nSPS) is 12.0. The van der Waals surface area contributed by atoms with Crippen molar-refractivity contribution in [2.75, 3.05) is 5.75 Å². The number of hydrogen-bond acceptors (Lipinski definition) is 2. The van der Waals surface area contributed by atoms with Crippen molar-refractivity contribution in [2.24, 2.45) is 5.92 Å². The number of hydrogen-bond donors (Lipinski definition) is 0. The summed E-state index contributed by atoms with van der Waals surface area (Å²) in [6.07, 6.45) is 0. The van der Waals surface area contributed by atoms with Crippen LogP contribution in [-0.4, -0.2) is 5.75 Å². The standard InChI is InChI=1S/C10H11NS/c1-9(7-11)8-12-10-5-3-2-4-6-10/h2-6,9H,8H2,1H3. The molecule has 2 heteroatoms. The quantitative estimate of drug-likeness (QED) is 0.663. The molecule has 0 aromatic heterocycles. The van der Waals surface area contributed by atoms with E-state index >= 15 is 0 Å². The second kappa shape index (κ2) is 4.84. The summed E-state index contributed by atoms with van der Waals surface area (Å²) in [4.78, 5) is 1.24. The third-order valence-electron chi connectivity index (χ3n) is 1.46. The summed E-state index contributed by atoms with van der Waals surface area (Å²) in [5, 5.41) is 8.55. The Morgan fingerprint density at radius 3 is 2.67 bits per heavy atom. The molecule has 0 N–H and O–H groups in total. The van der Waals surface area contributed by atoms with Crippen molar-refractivity contribution in [3.8, 4) is 6.07 Å². The van der Waals surface area contributed by atoms with Crippen LogP contribution in [0.25, 0.3) is 0 Å². The Morgan fingerprint density at radius 2 is 2.08 bits per heavy atom. The van der Waals surface area contributed by atoms with Crippen molar-refractivity contribution in [3.63, 3.8) is 0 Å². The zero-order chi connectivity index (χ0) is 8.81. The summed E-state index contributed by atoms with van der Waals surface area (Å²) < 4.78 is 0. The second-order valence-electron chi connectivity index (χ2n) is 2.65. The monoisotopic (exact) mass is 177 g/mol. The first-order valence-corrected chi connectivity index (χ1v) is 4.89. The van der Waals surface area contributed by atoms with Gasteiger partial charge in [-0.25, -0.2) is 0 Å².